The van der Waals surface area contributed by atoms with Crippen LogP contribution in [0.4, 0.5) is 0 Å². The molecule has 2 N–H and O–H groups in total. The summed E-state index contributed by atoms with van der Waals surface area (Å²) in [6.07, 6.45) is -0.0477. The number of aliphatic imine (C=N–C) groups is 1. The minimum atomic E-state index is -0.0477. The first kappa shape index (κ1) is 21.6. The van der Waals surface area contributed by atoms with Crippen LogP contribution in [0.25, 0.3) is 0 Å². The molecule has 1 unspecified atom stereocenters. The molecule has 0 saturated heterocycles. The number of hydrogen-bond acceptors (Lipinski definition) is 4. The SMILES string of the molecule is CCNC(=NCc1ccc(COC)cc1)NCC(C)Oc1ccccc1OC. The lowest BCUT2D eigenvalue weighted by Crippen LogP contribution is -2.41. The van der Waals surface area contributed by atoms with Gasteiger partial charge in [-0.2, -0.15) is 0 Å². The maximum Gasteiger partial charge on any atom is 0.191 e. The van der Waals surface area contributed by atoms with Crippen molar-refractivity contribution in [1.82, 2.24) is 10.6 Å². The average Bonchev–Trinajstić information content (AvgIpc) is 2.72. The first-order chi connectivity index (χ1) is 13.7. The van der Waals surface area contributed by atoms with Crippen LogP contribution in [0.15, 0.2) is 53.5 Å². The van der Waals surface area contributed by atoms with Gasteiger partial charge in [-0.1, -0.05) is 36.4 Å². The van der Waals surface area contributed by atoms with Crippen LogP contribution in [0.5, 0.6) is 11.5 Å². The Hall–Kier alpha value is -2.73. The average molecular weight is 386 g/mol. The second kappa shape index (κ2) is 11.9. The first-order valence-electron chi connectivity index (χ1n) is 9.54. The molecule has 0 saturated carbocycles. The Morgan fingerprint density at radius 1 is 0.964 bits per heavy atom. The molecule has 0 amide bonds. The first-order valence-corrected chi connectivity index (χ1v) is 9.54. The number of methoxy groups -OCH3 is 2. The predicted octanol–water partition coefficient (Wildman–Crippen LogP) is 3.36. The lowest BCUT2D eigenvalue weighted by molar-refractivity contribution is 0.185. The van der Waals surface area contributed by atoms with Gasteiger partial charge >= 0.3 is 0 Å². The van der Waals surface area contributed by atoms with E-state index in [9.17, 15) is 0 Å². The van der Waals surface area contributed by atoms with Crippen LogP contribution in [0.2, 0.25) is 0 Å². The number of nitrogens with one attached hydrogen (secondary N) is 2. The van der Waals surface area contributed by atoms with E-state index in [4.69, 9.17) is 14.2 Å². The molecule has 0 aliphatic rings. The molecule has 28 heavy (non-hydrogen) atoms. The summed E-state index contributed by atoms with van der Waals surface area (Å²) in [5.41, 5.74) is 2.30. The Balaban J connectivity index is 1.89. The zero-order valence-electron chi connectivity index (χ0n) is 17.2. The van der Waals surface area contributed by atoms with E-state index in [1.54, 1.807) is 14.2 Å². The number of benzene rings is 2. The predicted molar refractivity (Wildman–Crippen MR) is 113 cm³/mol. The topological polar surface area (TPSA) is 64.1 Å². The molecule has 6 nitrogen and oxygen atoms in total. The standard InChI is InChI=1S/C22H31N3O3/c1-5-23-22(25-15-18-10-12-19(13-11-18)16-26-3)24-14-17(2)28-21-9-7-6-8-20(21)27-4/h6-13,17H,5,14-16H2,1-4H3,(H2,23,24,25). The van der Waals surface area contributed by atoms with Crippen molar-refractivity contribution in [3.05, 3.63) is 59.7 Å². The minimum absolute atomic E-state index is 0.0477. The van der Waals surface area contributed by atoms with E-state index >= 15 is 0 Å². The molecule has 0 aliphatic carbocycles. The van der Waals surface area contributed by atoms with Crippen molar-refractivity contribution >= 4 is 5.96 Å². The number of ether oxygens (including phenoxy) is 3. The summed E-state index contributed by atoms with van der Waals surface area (Å²) in [5.74, 6) is 2.23. The minimum Gasteiger partial charge on any atom is -0.493 e. The highest BCUT2D eigenvalue weighted by Crippen LogP contribution is 2.26. The van der Waals surface area contributed by atoms with Gasteiger partial charge in [-0.25, -0.2) is 4.99 Å². The number of rotatable bonds is 10. The normalized spacial score (nSPS) is 12.4. The summed E-state index contributed by atoms with van der Waals surface area (Å²) in [6, 6.07) is 15.9. The van der Waals surface area contributed by atoms with Gasteiger partial charge in [0, 0.05) is 13.7 Å². The summed E-state index contributed by atoms with van der Waals surface area (Å²) < 4.78 is 16.5. The van der Waals surface area contributed by atoms with Crippen molar-refractivity contribution in [1.29, 1.82) is 0 Å². The maximum absolute atomic E-state index is 5.98. The van der Waals surface area contributed by atoms with E-state index in [-0.39, 0.29) is 6.10 Å². The van der Waals surface area contributed by atoms with Crippen LogP contribution in [-0.2, 0) is 17.9 Å². The van der Waals surface area contributed by atoms with Gasteiger partial charge in [0.05, 0.1) is 26.8 Å². The number of nitrogens with zero attached hydrogens (tertiary/aromatic N) is 1. The molecule has 6 heteroatoms. The molecule has 0 spiro atoms. The fourth-order valence-corrected chi connectivity index (χ4v) is 2.63. The molecule has 1 atom stereocenters. The van der Waals surface area contributed by atoms with Crippen molar-refractivity contribution < 1.29 is 14.2 Å². The van der Waals surface area contributed by atoms with Gasteiger partial charge in [0.1, 0.15) is 6.10 Å². The van der Waals surface area contributed by atoms with Gasteiger partial charge in [-0.05, 0) is 37.1 Å². The maximum atomic E-state index is 5.98. The van der Waals surface area contributed by atoms with Crippen LogP contribution in [0, 0.1) is 0 Å². The smallest absolute Gasteiger partial charge is 0.191 e. The van der Waals surface area contributed by atoms with E-state index < -0.39 is 0 Å². The fraction of sp³-hybridized carbons (Fsp3) is 0.409. The highest BCUT2D eigenvalue weighted by Gasteiger charge is 2.09. The molecule has 0 fully saturated rings. The van der Waals surface area contributed by atoms with Gasteiger partial charge in [-0.3, -0.25) is 0 Å². The van der Waals surface area contributed by atoms with Crippen LogP contribution < -0.4 is 20.1 Å². The molecule has 152 valence electrons. The second-order valence-electron chi connectivity index (χ2n) is 6.40. The molecule has 2 aromatic carbocycles. The Morgan fingerprint density at radius 2 is 1.64 bits per heavy atom. The zero-order valence-corrected chi connectivity index (χ0v) is 17.2. The molecular formula is C22H31N3O3. The molecule has 0 heterocycles. The van der Waals surface area contributed by atoms with Crippen molar-refractivity contribution in [2.75, 3.05) is 27.3 Å². The lowest BCUT2D eigenvalue weighted by Gasteiger charge is -2.19. The summed E-state index contributed by atoms with van der Waals surface area (Å²) >= 11 is 0. The van der Waals surface area contributed by atoms with E-state index in [2.05, 4.69) is 39.9 Å². The van der Waals surface area contributed by atoms with Crippen LogP contribution in [0.3, 0.4) is 0 Å². The van der Waals surface area contributed by atoms with Crippen LogP contribution >= 0.6 is 0 Å². The van der Waals surface area contributed by atoms with Gasteiger partial charge in [0.2, 0.25) is 0 Å². The van der Waals surface area contributed by atoms with E-state index in [1.807, 2.05) is 38.1 Å². The van der Waals surface area contributed by atoms with Crippen molar-refractivity contribution in [2.24, 2.45) is 4.99 Å². The Morgan fingerprint density at radius 3 is 2.29 bits per heavy atom. The van der Waals surface area contributed by atoms with Gasteiger partial charge in [0.15, 0.2) is 17.5 Å². The third-order valence-electron chi connectivity index (χ3n) is 4.05. The Labute approximate surface area is 167 Å². The van der Waals surface area contributed by atoms with Crippen LogP contribution in [-0.4, -0.2) is 39.4 Å². The molecule has 0 aromatic heterocycles. The molecule has 0 radical (unpaired) electrons. The van der Waals surface area contributed by atoms with Crippen LogP contribution in [0.1, 0.15) is 25.0 Å². The molecular weight excluding hydrogens is 354 g/mol. The van der Waals surface area contributed by atoms with E-state index in [0.717, 1.165) is 35.1 Å². The fourth-order valence-electron chi connectivity index (χ4n) is 2.63. The molecule has 2 aromatic rings. The second-order valence-corrected chi connectivity index (χ2v) is 6.40. The summed E-state index contributed by atoms with van der Waals surface area (Å²) in [5, 5.41) is 6.60. The largest absolute Gasteiger partial charge is 0.493 e. The van der Waals surface area contributed by atoms with Gasteiger partial charge in [-0.15, -0.1) is 0 Å². The van der Waals surface area contributed by atoms with Crippen molar-refractivity contribution in [3.63, 3.8) is 0 Å². The quantitative estimate of drug-likeness (QED) is 0.485. The monoisotopic (exact) mass is 385 g/mol. The summed E-state index contributed by atoms with van der Waals surface area (Å²) in [4.78, 5) is 4.66. The van der Waals surface area contributed by atoms with Gasteiger partial charge < -0.3 is 24.8 Å². The number of para-hydroxylation sites is 2. The van der Waals surface area contributed by atoms with E-state index in [1.165, 1.54) is 0 Å². The third kappa shape index (κ3) is 7.12. The van der Waals surface area contributed by atoms with Crippen molar-refractivity contribution in [3.8, 4) is 11.5 Å². The number of hydrogen-bond donors (Lipinski definition) is 2. The Bertz CT molecular complexity index is 732. The highest BCUT2D eigenvalue weighted by molar-refractivity contribution is 5.79. The van der Waals surface area contributed by atoms with E-state index in [0.29, 0.717) is 19.7 Å². The highest BCUT2D eigenvalue weighted by atomic mass is 16.5. The lowest BCUT2D eigenvalue weighted by atomic mass is 10.1. The summed E-state index contributed by atoms with van der Waals surface area (Å²) in [7, 11) is 3.34. The molecule has 0 aliphatic heterocycles. The molecule has 0 bridgehead atoms. The van der Waals surface area contributed by atoms with Crippen molar-refractivity contribution in [2.45, 2.75) is 33.1 Å². The molecule has 2 rings (SSSR count). The third-order valence-corrected chi connectivity index (χ3v) is 4.05. The van der Waals surface area contributed by atoms with Gasteiger partial charge in [0.25, 0.3) is 0 Å². The Kier molecular flexibility index (Phi) is 9.15. The number of guanidine groups is 1. The zero-order chi connectivity index (χ0) is 20.2. The summed E-state index contributed by atoms with van der Waals surface area (Å²) in [6.45, 7) is 6.70.